The molecule has 5 rings (SSSR count). The Hall–Kier alpha value is -0.120. The molecule has 0 aromatic rings. The normalized spacial score (nSPS) is 48.4. The summed E-state index contributed by atoms with van der Waals surface area (Å²) in [6.45, 7) is 15.1. The average Bonchev–Trinajstić information content (AvgIpc) is 3.32. The Balaban J connectivity index is 1.27. The molecule has 8 atom stereocenters. The van der Waals surface area contributed by atoms with Crippen LogP contribution in [0.15, 0.2) is 0 Å². The van der Waals surface area contributed by atoms with E-state index in [1.54, 1.807) is 0 Å². The highest BCUT2D eigenvalue weighted by Gasteiger charge is 2.67. The van der Waals surface area contributed by atoms with Crippen LogP contribution in [0.2, 0.25) is 0 Å². The third kappa shape index (κ3) is 3.16. The van der Waals surface area contributed by atoms with E-state index in [1.165, 1.54) is 57.9 Å². The van der Waals surface area contributed by atoms with E-state index in [2.05, 4.69) is 39.9 Å². The van der Waals surface area contributed by atoms with Crippen molar-refractivity contribution in [3.8, 4) is 0 Å². The molecule has 4 saturated carbocycles. The van der Waals surface area contributed by atoms with Gasteiger partial charge in [0, 0.05) is 17.9 Å². The van der Waals surface area contributed by atoms with E-state index in [-0.39, 0.29) is 11.2 Å². The molecule has 172 valence electrons. The molecule has 3 nitrogen and oxygen atoms in total. The molecule has 1 aliphatic heterocycles. The Kier molecular flexibility index (Phi) is 5.60. The molecule has 0 amide bonds. The molecule has 3 heteroatoms. The zero-order valence-electron chi connectivity index (χ0n) is 20.3. The zero-order chi connectivity index (χ0) is 21.1. The van der Waals surface area contributed by atoms with Crippen LogP contribution >= 0.6 is 0 Å². The molecule has 1 spiro atoms. The van der Waals surface area contributed by atoms with Crippen molar-refractivity contribution < 1.29 is 9.47 Å². The summed E-state index contributed by atoms with van der Waals surface area (Å²) in [7, 11) is 0. The third-order valence-electron chi connectivity index (χ3n) is 11.3. The van der Waals surface area contributed by atoms with Gasteiger partial charge in [0.05, 0.1) is 13.2 Å². The van der Waals surface area contributed by atoms with E-state index in [9.17, 15) is 0 Å². The molecule has 1 saturated heterocycles. The first-order valence-electron chi connectivity index (χ1n) is 13.3. The molecule has 0 bridgehead atoms. The highest BCUT2D eigenvalue weighted by Crippen LogP contribution is 2.69. The van der Waals surface area contributed by atoms with Gasteiger partial charge in [-0.2, -0.15) is 0 Å². The first kappa shape index (κ1) is 21.7. The van der Waals surface area contributed by atoms with Gasteiger partial charge in [-0.25, -0.2) is 0 Å². The second-order valence-electron chi connectivity index (χ2n) is 12.7. The van der Waals surface area contributed by atoms with Gasteiger partial charge >= 0.3 is 0 Å². The summed E-state index contributed by atoms with van der Waals surface area (Å²) in [6, 6.07) is 0.639. The fourth-order valence-corrected chi connectivity index (χ4v) is 9.01. The molecule has 5 aliphatic rings. The number of rotatable bonds is 4. The Labute approximate surface area is 185 Å². The topological polar surface area (TPSA) is 30.5 Å². The van der Waals surface area contributed by atoms with Crippen LogP contribution in [0, 0.1) is 46.3 Å². The van der Waals surface area contributed by atoms with Crippen molar-refractivity contribution in [2.24, 2.45) is 46.3 Å². The summed E-state index contributed by atoms with van der Waals surface area (Å²) in [6.07, 6.45) is 12.5. The number of hydrogen-bond acceptors (Lipinski definition) is 3. The van der Waals surface area contributed by atoms with Gasteiger partial charge < -0.3 is 14.8 Å². The second-order valence-corrected chi connectivity index (χ2v) is 12.7. The number of fused-ring (bicyclic) bond motifs is 6. The maximum absolute atomic E-state index is 6.33. The predicted molar refractivity (Wildman–Crippen MR) is 122 cm³/mol. The fourth-order valence-electron chi connectivity index (χ4n) is 9.01. The summed E-state index contributed by atoms with van der Waals surface area (Å²) in [5, 5.41) is 3.85. The van der Waals surface area contributed by atoms with Crippen molar-refractivity contribution in [3.05, 3.63) is 0 Å². The highest BCUT2D eigenvalue weighted by atomic mass is 16.7. The smallest absolute Gasteiger partial charge is 0.174 e. The van der Waals surface area contributed by atoms with Gasteiger partial charge in [-0.15, -0.1) is 0 Å². The number of hydrogen-bond donors (Lipinski definition) is 1. The number of ether oxygens (including phenoxy) is 2. The molecule has 4 aliphatic carbocycles. The molecule has 8 unspecified atom stereocenters. The van der Waals surface area contributed by atoms with E-state index >= 15 is 0 Å². The van der Waals surface area contributed by atoms with Gasteiger partial charge in [0.1, 0.15) is 0 Å². The summed E-state index contributed by atoms with van der Waals surface area (Å²) < 4.78 is 12.7. The van der Waals surface area contributed by atoms with E-state index in [1.807, 2.05) is 0 Å². The van der Waals surface area contributed by atoms with E-state index in [0.717, 1.165) is 55.1 Å². The molecule has 0 aromatic carbocycles. The molecule has 0 aromatic heterocycles. The Morgan fingerprint density at radius 2 is 1.60 bits per heavy atom. The molecule has 0 radical (unpaired) electrons. The first-order chi connectivity index (χ1) is 14.3. The van der Waals surface area contributed by atoms with Gasteiger partial charge in [-0.05, 0) is 106 Å². The van der Waals surface area contributed by atoms with Crippen molar-refractivity contribution in [1.82, 2.24) is 5.32 Å². The molecular weight excluding hydrogens is 370 g/mol. The largest absolute Gasteiger partial charge is 0.347 e. The second kappa shape index (κ2) is 7.73. The number of nitrogens with one attached hydrogen (secondary N) is 1. The maximum atomic E-state index is 6.33. The Morgan fingerprint density at radius 3 is 2.33 bits per heavy atom. The van der Waals surface area contributed by atoms with Crippen molar-refractivity contribution in [1.29, 1.82) is 0 Å². The van der Waals surface area contributed by atoms with Crippen LogP contribution in [0.1, 0.15) is 92.4 Å². The van der Waals surface area contributed by atoms with Crippen molar-refractivity contribution in [3.63, 3.8) is 0 Å². The quantitative estimate of drug-likeness (QED) is 0.606. The van der Waals surface area contributed by atoms with Crippen LogP contribution in [-0.4, -0.2) is 31.6 Å². The van der Waals surface area contributed by atoms with Gasteiger partial charge in [0.25, 0.3) is 0 Å². The lowest BCUT2D eigenvalue weighted by Crippen LogP contribution is -2.57. The van der Waals surface area contributed by atoms with Crippen molar-refractivity contribution in [2.45, 2.75) is 104 Å². The minimum absolute atomic E-state index is 0.239. The highest BCUT2D eigenvalue weighted by molar-refractivity contribution is 5.12. The predicted octanol–water partition coefficient (Wildman–Crippen LogP) is 6.02. The molecule has 1 heterocycles. The van der Waals surface area contributed by atoms with Gasteiger partial charge in [-0.3, -0.25) is 0 Å². The lowest BCUT2D eigenvalue weighted by molar-refractivity contribution is -0.247. The zero-order valence-corrected chi connectivity index (χ0v) is 20.3. The summed E-state index contributed by atoms with van der Waals surface area (Å²) in [5.41, 5.74) is 0.833. The molecular formula is C27H47NO2. The van der Waals surface area contributed by atoms with E-state index in [0.29, 0.717) is 11.5 Å². The molecule has 1 N–H and O–H groups in total. The first-order valence-corrected chi connectivity index (χ1v) is 13.3. The summed E-state index contributed by atoms with van der Waals surface area (Å²) in [5.74, 6) is 5.00. The van der Waals surface area contributed by atoms with Gasteiger partial charge in [0.15, 0.2) is 5.79 Å². The fraction of sp³-hybridized carbons (Fsp3) is 1.00. The summed E-state index contributed by atoms with van der Waals surface area (Å²) in [4.78, 5) is 0. The monoisotopic (exact) mass is 417 g/mol. The minimum atomic E-state index is -0.239. The van der Waals surface area contributed by atoms with E-state index < -0.39 is 0 Å². The third-order valence-corrected chi connectivity index (χ3v) is 11.3. The maximum Gasteiger partial charge on any atom is 0.174 e. The van der Waals surface area contributed by atoms with Gasteiger partial charge in [-0.1, -0.05) is 27.7 Å². The average molecular weight is 418 g/mol. The lowest BCUT2D eigenvalue weighted by atomic mass is 9.44. The SMILES string of the molecule is CC(C)C(C)NCC1CCC2(C)C(CCC3C2CCC2(C)C3CCC23OCCO3)C1. The summed E-state index contributed by atoms with van der Waals surface area (Å²) >= 11 is 0. The van der Waals surface area contributed by atoms with Crippen LogP contribution in [0.4, 0.5) is 0 Å². The standard InChI is InChI=1S/C27H47NO2/c1-18(2)19(3)28-17-20-8-11-25(4)21(16-20)6-7-22-23(25)9-12-26(5)24(22)10-13-27(26)29-14-15-30-27/h18-24,28H,6-17H2,1-5H3. The van der Waals surface area contributed by atoms with Crippen LogP contribution < -0.4 is 5.32 Å². The minimum Gasteiger partial charge on any atom is -0.347 e. The van der Waals surface area contributed by atoms with Crippen LogP contribution in [-0.2, 0) is 9.47 Å². The van der Waals surface area contributed by atoms with E-state index in [4.69, 9.17) is 9.47 Å². The molecule has 30 heavy (non-hydrogen) atoms. The lowest BCUT2D eigenvalue weighted by Gasteiger charge is -2.61. The van der Waals surface area contributed by atoms with Crippen LogP contribution in [0.3, 0.4) is 0 Å². The van der Waals surface area contributed by atoms with Crippen LogP contribution in [0.25, 0.3) is 0 Å². The molecule has 5 fully saturated rings. The van der Waals surface area contributed by atoms with Crippen molar-refractivity contribution >= 4 is 0 Å². The van der Waals surface area contributed by atoms with Crippen molar-refractivity contribution in [2.75, 3.05) is 19.8 Å². The Morgan fingerprint density at radius 1 is 0.867 bits per heavy atom. The van der Waals surface area contributed by atoms with Gasteiger partial charge in [0.2, 0.25) is 0 Å². The van der Waals surface area contributed by atoms with Crippen LogP contribution in [0.5, 0.6) is 0 Å². The Bertz CT molecular complexity index is 628.